The van der Waals surface area contributed by atoms with Crippen LogP contribution in [0.15, 0.2) is 10.8 Å². The largest absolute Gasteiger partial charge is 0.376 e. The highest BCUT2D eigenvalue weighted by Gasteiger charge is 2.50. The third kappa shape index (κ3) is 3.73. The third-order valence-electron chi connectivity index (χ3n) is 6.14. The molecule has 4 heterocycles. The first-order valence-corrected chi connectivity index (χ1v) is 12.0. The molecule has 1 N–H and O–H groups in total. The molecule has 2 aliphatic heterocycles. The lowest BCUT2D eigenvalue weighted by Gasteiger charge is -2.43. The Hall–Kier alpha value is -1.10. The summed E-state index contributed by atoms with van der Waals surface area (Å²) in [6, 6.07) is 0.0826. The zero-order valence-electron chi connectivity index (χ0n) is 17.6. The molecule has 0 bridgehead atoms. The fourth-order valence-electron chi connectivity index (χ4n) is 4.27. The second-order valence-corrected chi connectivity index (χ2v) is 12.0. The van der Waals surface area contributed by atoms with E-state index in [0.717, 1.165) is 47.7 Å². The molecule has 0 aromatic carbocycles. The van der Waals surface area contributed by atoms with Gasteiger partial charge in [-0.25, -0.2) is 18.3 Å². The molecular formula is C19H29BrN6O2S. The van der Waals surface area contributed by atoms with Gasteiger partial charge in [-0.05, 0) is 63.4 Å². The Kier molecular flexibility index (Phi) is 5.50. The molecule has 10 heteroatoms. The number of nitrogens with one attached hydrogen (secondary N) is 1. The van der Waals surface area contributed by atoms with Crippen molar-refractivity contribution in [3.63, 3.8) is 0 Å². The van der Waals surface area contributed by atoms with Crippen LogP contribution in [0.4, 0.5) is 5.95 Å². The Morgan fingerprint density at radius 1 is 1.34 bits per heavy atom. The number of piperidine rings is 1. The molecule has 2 fully saturated rings. The predicted octanol–water partition coefficient (Wildman–Crippen LogP) is 2.62. The maximum atomic E-state index is 12.8. The molecule has 160 valence electrons. The molecule has 1 spiro atoms. The fraction of sp³-hybridized carbons (Fsp3) is 0.737. The van der Waals surface area contributed by atoms with E-state index in [0.29, 0.717) is 6.61 Å². The van der Waals surface area contributed by atoms with E-state index in [1.54, 1.807) is 6.33 Å². The molecule has 8 nitrogen and oxygen atoms in total. The smallest absolute Gasteiger partial charge is 0.212 e. The van der Waals surface area contributed by atoms with Crippen molar-refractivity contribution in [2.45, 2.75) is 64.4 Å². The Morgan fingerprint density at radius 2 is 2.03 bits per heavy atom. The molecule has 0 aliphatic carbocycles. The van der Waals surface area contributed by atoms with Crippen molar-refractivity contribution in [2.75, 3.05) is 24.6 Å². The number of hydrogen-bond donors (Lipinski definition) is 1. The summed E-state index contributed by atoms with van der Waals surface area (Å²) in [5, 5.41) is 8.28. The van der Waals surface area contributed by atoms with Crippen LogP contribution in [0, 0.1) is 12.3 Å². The van der Waals surface area contributed by atoms with Crippen LogP contribution in [0.5, 0.6) is 0 Å². The van der Waals surface area contributed by atoms with E-state index in [2.05, 4.69) is 42.7 Å². The molecule has 2 aromatic rings. The van der Waals surface area contributed by atoms with Crippen LogP contribution in [0.3, 0.4) is 0 Å². The zero-order valence-corrected chi connectivity index (χ0v) is 20.0. The van der Waals surface area contributed by atoms with Gasteiger partial charge in [0.2, 0.25) is 5.95 Å². The SMILES string of the molecule is Cc1nc(N2CCC3(CC2)CO[C@@H](C)[C@H]3N[S@](=O)C(C)(C)C)n2cnnc2c1Br. The Bertz CT molecular complexity index is 935. The minimum Gasteiger partial charge on any atom is -0.376 e. The number of rotatable bonds is 3. The molecule has 2 saturated heterocycles. The lowest BCUT2D eigenvalue weighted by molar-refractivity contribution is 0.0972. The molecule has 2 aromatic heterocycles. The number of fused-ring (bicyclic) bond motifs is 1. The number of nitrogens with zero attached hydrogens (tertiary/aromatic N) is 5. The van der Waals surface area contributed by atoms with Gasteiger partial charge in [0, 0.05) is 18.5 Å². The first-order valence-electron chi connectivity index (χ1n) is 10.0. The van der Waals surface area contributed by atoms with Gasteiger partial charge in [0.15, 0.2) is 5.65 Å². The summed E-state index contributed by atoms with van der Waals surface area (Å²) in [5.41, 5.74) is 1.68. The summed E-state index contributed by atoms with van der Waals surface area (Å²) in [6.07, 6.45) is 3.67. The topological polar surface area (TPSA) is 84.7 Å². The van der Waals surface area contributed by atoms with Crippen LogP contribution >= 0.6 is 15.9 Å². The maximum Gasteiger partial charge on any atom is 0.212 e. The summed E-state index contributed by atoms with van der Waals surface area (Å²) in [6.45, 7) is 12.5. The van der Waals surface area contributed by atoms with E-state index in [1.165, 1.54) is 0 Å². The number of aryl methyl sites for hydroxylation is 1. The van der Waals surface area contributed by atoms with Gasteiger partial charge in [0.25, 0.3) is 0 Å². The first kappa shape index (κ1) is 21.1. The monoisotopic (exact) mass is 484 g/mol. The van der Waals surface area contributed by atoms with Gasteiger partial charge in [-0.3, -0.25) is 0 Å². The third-order valence-corrected chi connectivity index (χ3v) is 8.65. The Labute approximate surface area is 182 Å². The maximum absolute atomic E-state index is 12.8. The number of aromatic nitrogens is 4. The molecule has 29 heavy (non-hydrogen) atoms. The number of ether oxygens (including phenoxy) is 1. The fourth-order valence-corrected chi connectivity index (χ4v) is 5.66. The van der Waals surface area contributed by atoms with Crippen molar-refractivity contribution in [1.29, 1.82) is 0 Å². The van der Waals surface area contributed by atoms with Gasteiger partial charge in [-0.2, -0.15) is 0 Å². The van der Waals surface area contributed by atoms with Gasteiger partial charge < -0.3 is 9.64 Å². The number of anilines is 1. The van der Waals surface area contributed by atoms with Gasteiger partial charge in [0.05, 0.1) is 44.7 Å². The van der Waals surface area contributed by atoms with Crippen LogP contribution in [-0.4, -0.2) is 60.4 Å². The van der Waals surface area contributed by atoms with E-state index in [9.17, 15) is 4.21 Å². The summed E-state index contributed by atoms with van der Waals surface area (Å²) >= 11 is 3.56. The summed E-state index contributed by atoms with van der Waals surface area (Å²) in [4.78, 5) is 7.09. The molecule has 4 rings (SSSR count). The molecule has 0 amide bonds. The van der Waals surface area contributed by atoms with Crippen molar-refractivity contribution < 1.29 is 8.95 Å². The highest BCUT2D eigenvalue weighted by atomic mass is 79.9. The number of hydrogen-bond acceptors (Lipinski definition) is 6. The second kappa shape index (κ2) is 7.55. The van der Waals surface area contributed by atoms with Crippen LogP contribution in [0.25, 0.3) is 5.65 Å². The van der Waals surface area contributed by atoms with Crippen LogP contribution in [0.2, 0.25) is 0 Å². The number of halogens is 1. The highest BCUT2D eigenvalue weighted by Crippen LogP contribution is 2.43. The second-order valence-electron chi connectivity index (χ2n) is 9.18. The van der Waals surface area contributed by atoms with Crippen molar-refractivity contribution >= 4 is 38.5 Å². The predicted molar refractivity (Wildman–Crippen MR) is 117 cm³/mol. The molecule has 0 radical (unpaired) electrons. The van der Waals surface area contributed by atoms with Gasteiger partial charge in [-0.15, -0.1) is 10.2 Å². The molecule has 2 aliphatic rings. The van der Waals surface area contributed by atoms with E-state index < -0.39 is 11.0 Å². The molecule has 0 unspecified atom stereocenters. The lowest BCUT2D eigenvalue weighted by atomic mass is 9.73. The zero-order chi connectivity index (χ0) is 21.0. The van der Waals surface area contributed by atoms with E-state index in [4.69, 9.17) is 9.72 Å². The average Bonchev–Trinajstić information content (AvgIpc) is 3.26. The van der Waals surface area contributed by atoms with Crippen molar-refractivity contribution in [2.24, 2.45) is 5.41 Å². The molecular weight excluding hydrogens is 456 g/mol. The van der Waals surface area contributed by atoms with Crippen molar-refractivity contribution in [1.82, 2.24) is 24.3 Å². The minimum atomic E-state index is -1.12. The summed E-state index contributed by atoms with van der Waals surface area (Å²) in [7, 11) is -1.12. The summed E-state index contributed by atoms with van der Waals surface area (Å²) < 4.78 is 24.7. The van der Waals surface area contributed by atoms with Crippen molar-refractivity contribution in [3.05, 3.63) is 16.5 Å². The van der Waals surface area contributed by atoms with Gasteiger partial charge in [-0.1, -0.05) is 0 Å². The van der Waals surface area contributed by atoms with Crippen LogP contribution in [0.1, 0.15) is 46.2 Å². The highest BCUT2D eigenvalue weighted by molar-refractivity contribution is 9.10. The van der Waals surface area contributed by atoms with Gasteiger partial charge in [0.1, 0.15) is 6.33 Å². The van der Waals surface area contributed by atoms with E-state index in [1.807, 2.05) is 32.1 Å². The minimum absolute atomic E-state index is 0.00641. The standard InChI is InChI=1S/C19H29BrN6O2S/c1-12-14(20)16-23-21-11-26(16)17(22-12)25-8-6-19(7-9-25)10-28-13(2)15(19)24-29(27)18(3,4)5/h11,13,15,24H,6-10H2,1-5H3/t13-,15+,29+/m0/s1. The molecule has 0 saturated carbocycles. The van der Waals surface area contributed by atoms with Crippen molar-refractivity contribution in [3.8, 4) is 0 Å². The summed E-state index contributed by atoms with van der Waals surface area (Å²) in [5.74, 6) is 0.871. The first-order chi connectivity index (χ1) is 13.6. The van der Waals surface area contributed by atoms with Crippen LogP contribution < -0.4 is 9.62 Å². The average molecular weight is 485 g/mol. The van der Waals surface area contributed by atoms with E-state index in [-0.39, 0.29) is 22.3 Å². The quantitative estimate of drug-likeness (QED) is 0.720. The Balaban J connectivity index is 1.55. The normalized spacial score (nSPS) is 25.8. The molecule has 3 atom stereocenters. The van der Waals surface area contributed by atoms with E-state index >= 15 is 0 Å². The van der Waals surface area contributed by atoms with Gasteiger partial charge >= 0.3 is 0 Å². The lowest BCUT2D eigenvalue weighted by Crippen LogP contribution is -2.55. The van der Waals surface area contributed by atoms with Crippen LogP contribution in [-0.2, 0) is 15.7 Å². The Morgan fingerprint density at radius 3 is 2.69 bits per heavy atom.